The summed E-state index contributed by atoms with van der Waals surface area (Å²) in [5, 5.41) is 2.91. The molecule has 0 unspecified atom stereocenters. The molecule has 0 saturated carbocycles. The molecule has 3 rings (SSSR count). The van der Waals surface area contributed by atoms with Crippen LogP contribution in [0.4, 0.5) is 0 Å². The molecule has 26 heavy (non-hydrogen) atoms. The van der Waals surface area contributed by atoms with Gasteiger partial charge in [0.25, 0.3) is 0 Å². The van der Waals surface area contributed by atoms with Gasteiger partial charge in [0.05, 0.1) is 6.54 Å². The Morgan fingerprint density at radius 3 is 2.81 bits per heavy atom. The monoisotopic (exact) mass is 355 g/mol. The van der Waals surface area contributed by atoms with E-state index in [2.05, 4.69) is 20.3 Å². The van der Waals surface area contributed by atoms with E-state index < -0.39 is 0 Å². The summed E-state index contributed by atoms with van der Waals surface area (Å²) in [7, 11) is 1.91. The molecule has 0 bridgehead atoms. The van der Waals surface area contributed by atoms with Crippen molar-refractivity contribution in [2.45, 2.75) is 38.5 Å². The average molecular weight is 355 g/mol. The van der Waals surface area contributed by atoms with Gasteiger partial charge >= 0.3 is 0 Å². The van der Waals surface area contributed by atoms with Crippen LogP contribution in [0.5, 0.6) is 0 Å². The highest BCUT2D eigenvalue weighted by Gasteiger charge is 2.18. The Morgan fingerprint density at radius 2 is 2.12 bits per heavy atom. The maximum atomic E-state index is 12.1. The molecule has 0 aromatic carbocycles. The van der Waals surface area contributed by atoms with Crippen LogP contribution in [0, 0.1) is 0 Å². The molecule has 1 fully saturated rings. The molecule has 2 aromatic heterocycles. The molecule has 1 N–H and O–H groups in total. The van der Waals surface area contributed by atoms with Crippen molar-refractivity contribution in [3.05, 3.63) is 53.9 Å². The Labute approximate surface area is 153 Å². The van der Waals surface area contributed by atoms with Crippen LogP contribution in [-0.2, 0) is 22.6 Å². The number of carbonyl (C=O) groups excluding carboxylic acids is 1. The van der Waals surface area contributed by atoms with E-state index in [0.717, 1.165) is 42.8 Å². The molecule has 1 amide bonds. The highest BCUT2D eigenvalue weighted by atomic mass is 16.5. The van der Waals surface area contributed by atoms with Crippen LogP contribution < -0.4 is 5.32 Å². The van der Waals surface area contributed by atoms with Gasteiger partial charge in [-0.25, -0.2) is 9.97 Å². The zero-order chi connectivity index (χ0) is 18.2. The van der Waals surface area contributed by atoms with Crippen molar-refractivity contribution in [3.63, 3.8) is 0 Å². The van der Waals surface area contributed by atoms with E-state index >= 15 is 0 Å². The van der Waals surface area contributed by atoms with Gasteiger partial charge in [0.2, 0.25) is 5.91 Å². The first-order chi connectivity index (χ1) is 12.7. The summed E-state index contributed by atoms with van der Waals surface area (Å²) in [5.41, 5.74) is 1.96. The summed E-state index contributed by atoms with van der Waals surface area (Å²) in [4.78, 5) is 26.9. The summed E-state index contributed by atoms with van der Waals surface area (Å²) >= 11 is 0. The molecular weight excluding hydrogens is 330 g/mol. The van der Waals surface area contributed by atoms with E-state index in [1.54, 1.807) is 18.6 Å². The molecule has 1 atom stereocenters. The van der Waals surface area contributed by atoms with E-state index in [-0.39, 0.29) is 12.0 Å². The highest BCUT2D eigenvalue weighted by molar-refractivity contribution is 5.77. The minimum Gasteiger partial charge on any atom is -0.370 e. The maximum Gasteiger partial charge on any atom is 0.234 e. The first-order valence-electron chi connectivity index (χ1n) is 8.97. The van der Waals surface area contributed by atoms with Gasteiger partial charge in [-0.3, -0.25) is 14.7 Å². The quantitative estimate of drug-likeness (QED) is 0.817. The molecule has 0 aliphatic carbocycles. The number of carbonyl (C=O) groups is 1. The topological polar surface area (TPSA) is 80.2 Å². The molecule has 0 radical (unpaired) electrons. The Balaban J connectivity index is 1.42. The molecule has 7 nitrogen and oxygen atoms in total. The van der Waals surface area contributed by atoms with Crippen molar-refractivity contribution in [2.24, 2.45) is 0 Å². The maximum absolute atomic E-state index is 12.1. The number of ether oxygens (including phenoxy) is 1. The normalized spacial score (nSPS) is 17.2. The van der Waals surface area contributed by atoms with Gasteiger partial charge in [-0.05, 0) is 37.9 Å². The van der Waals surface area contributed by atoms with Crippen LogP contribution in [0.25, 0.3) is 0 Å². The Bertz CT molecular complexity index is 687. The van der Waals surface area contributed by atoms with Crippen molar-refractivity contribution >= 4 is 5.91 Å². The van der Waals surface area contributed by atoms with E-state index in [1.165, 1.54) is 0 Å². The molecule has 138 valence electrons. The minimum absolute atomic E-state index is 0.00789. The highest BCUT2D eigenvalue weighted by Crippen LogP contribution is 2.24. The summed E-state index contributed by atoms with van der Waals surface area (Å²) in [5.74, 6) is 0.701. The number of nitrogens with zero attached hydrogens (tertiary/aromatic N) is 4. The number of nitrogens with one attached hydrogen (secondary N) is 1. The minimum atomic E-state index is -0.0314. The van der Waals surface area contributed by atoms with Crippen LogP contribution in [0.15, 0.2) is 36.9 Å². The van der Waals surface area contributed by atoms with Crippen molar-refractivity contribution in [3.8, 4) is 0 Å². The van der Waals surface area contributed by atoms with E-state index in [9.17, 15) is 4.79 Å². The number of aromatic nitrogens is 3. The van der Waals surface area contributed by atoms with Crippen molar-refractivity contribution in [1.82, 2.24) is 25.2 Å². The van der Waals surface area contributed by atoms with Crippen LogP contribution in [0.1, 0.15) is 42.3 Å². The number of amides is 1. The lowest BCUT2D eigenvalue weighted by molar-refractivity contribution is -0.122. The lowest BCUT2D eigenvalue weighted by Gasteiger charge is -2.21. The summed E-state index contributed by atoms with van der Waals surface area (Å²) in [6.45, 7) is 2.20. The van der Waals surface area contributed by atoms with Gasteiger partial charge in [0.1, 0.15) is 6.10 Å². The second-order valence-corrected chi connectivity index (χ2v) is 6.62. The molecule has 1 aliphatic heterocycles. The van der Waals surface area contributed by atoms with E-state index in [0.29, 0.717) is 19.6 Å². The van der Waals surface area contributed by atoms with Gasteiger partial charge in [-0.2, -0.15) is 0 Å². The second-order valence-electron chi connectivity index (χ2n) is 6.62. The summed E-state index contributed by atoms with van der Waals surface area (Å²) < 4.78 is 5.69. The Morgan fingerprint density at radius 1 is 1.27 bits per heavy atom. The summed E-state index contributed by atoms with van der Waals surface area (Å²) in [6.07, 6.45) is 10.3. The Hall–Kier alpha value is -2.38. The largest absolute Gasteiger partial charge is 0.370 e. The fourth-order valence-corrected chi connectivity index (χ4v) is 2.93. The predicted octanol–water partition coefficient (Wildman–Crippen LogP) is 1.86. The molecular formula is C19H25N5O2. The number of hydrogen-bond donors (Lipinski definition) is 1. The van der Waals surface area contributed by atoms with Gasteiger partial charge in [0.15, 0.2) is 5.82 Å². The first-order valence-corrected chi connectivity index (χ1v) is 8.97. The molecule has 2 aromatic rings. The number of pyridine rings is 1. The van der Waals surface area contributed by atoms with Crippen molar-refractivity contribution < 1.29 is 9.53 Å². The lowest BCUT2D eigenvalue weighted by Crippen LogP contribution is -2.34. The first kappa shape index (κ1) is 18.4. The third-order valence-electron chi connectivity index (χ3n) is 4.27. The van der Waals surface area contributed by atoms with Crippen LogP contribution >= 0.6 is 0 Å². The molecule has 1 aliphatic rings. The van der Waals surface area contributed by atoms with E-state index in [4.69, 9.17) is 4.74 Å². The lowest BCUT2D eigenvalue weighted by atomic mass is 10.1. The third-order valence-corrected chi connectivity index (χ3v) is 4.27. The summed E-state index contributed by atoms with van der Waals surface area (Å²) in [6, 6.07) is 3.89. The molecule has 7 heteroatoms. The van der Waals surface area contributed by atoms with E-state index in [1.807, 2.05) is 30.3 Å². The second kappa shape index (κ2) is 9.35. The van der Waals surface area contributed by atoms with Crippen molar-refractivity contribution in [2.75, 3.05) is 20.2 Å². The Kier molecular flexibility index (Phi) is 6.62. The predicted molar refractivity (Wildman–Crippen MR) is 97.0 cm³/mol. The zero-order valence-electron chi connectivity index (χ0n) is 15.1. The molecule has 3 heterocycles. The fourth-order valence-electron chi connectivity index (χ4n) is 2.93. The molecule has 1 saturated heterocycles. The smallest absolute Gasteiger partial charge is 0.234 e. The number of likely N-dealkylation sites (N-methyl/N-ethyl adjacent to an activating group) is 1. The fraction of sp³-hybridized carbons (Fsp3) is 0.474. The average Bonchev–Trinajstić information content (AvgIpc) is 2.68. The molecule has 0 spiro atoms. The zero-order valence-corrected chi connectivity index (χ0v) is 15.1. The van der Waals surface area contributed by atoms with Gasteiger partial charge in [-0.15, -0.1) is 0 Å². The number of hydrogen-bond acceptors (Lipinski definition) is 6. The van der Waals surface area contributed by atoms with Gasteiger partial charge in [0, 0.05) is 50.0 Å². The number of rotatable bonds is 7. The standard InChI is InChI=1S/C19H25N5O2/c1-24(13-15-5-4-7-20-9-15)14-18(25)21-10-16-11-22-19(23-12-16)17-6-2-3-8-26-17/h4-5,7,9,11-12,17H,2-3,6,8,10,13-14H2,1H3,(H,21,25)/t17-/m1/s1. The van der Waals surface area contributed by atoms with Crippen LogP contribution in [0.3, 0.4) is 0 Å². The SMILES string of the molecule is CN(CC(=O)NCc1cnc([C@H]2CCCCO2)nc1)Cc1cccnc1. The van der Waals surface area contributed by atoms with Crippen molar-refractivity contribution in [1.29, 1.82) is 0 Å². The van der Waals surface area contributed by atoms with Crippen LogP contribution in [-0.4, -0.2) is 46.0 Å². The van der Waals surface area contributed by atoms with Crippen LogP contribution in [0.2, 0.25) is 0 Å². The third kappa shape index (κ3) is 5.57. The van der Waals surface area contributed by atoms with Gasteiger partial charge in [-0.1, -0.05) is 6.07 Å². The van der Waals surface area contributed by atoms with Gasteiger partial charge < -0.3 is 10.1 Å².